The summed E-state index contributed by atoms with van der Waals surface area (Å²) in [5.74, 6) is 0. The van der Waals surface area contributed by atoms with Crippen molar-refractivity contribution < 1.29 is 0 Å². The number of hydrogen-bond donors (Lipinski definition) is 1. The van der Waals surface area contributed by atoms with E-state index in [1.165, 1.54) is 5.70 Å². The molecular weight excluding hydrogens is 134 g/mol. The van der Waals surface area contributed by atoms with Gasteiger partial charge in [0, 0.05) is 18.2 Å². The molecule has 0 heterocycles. The smallest absolute Gasteiger partial charge is 0.0283 e. The van der Waals surface area contributed by atoms with Crippen molar-refractivity contribution in [2.24, 2.45) is 5.41 Å². The molecule has 0 aromatic heterocycles. The lowest BCUT2D eigenvalue weighted by Gasteiger charge is -2.29. The maximum absolute atomic E-state index is 3.84. The van der Waals surface area contributed by atoms with Gasteiger partial charge in [0.05, 0.1) is 0 Å². The third-order valence-electron chi connectivity index (χ3n) is 2.28. The Morgan fingerprint density at radius 2 is 2.45 bits per heavy atom. The van der Waals surface area contributed by atoms with Gasteiger partial charge in [-0.25, -0.2) is 0 Å². The van der Waals surface area contributed by atoms with Crippen LogP contribution in [0.1, 0.15) is 13.3 Å². The molecule has 1 aliphatic carbocycles. The highest BCUT2D eigenvalue weighted by Crippen LogP contribution is 2.33. The van der Waals surface area contributed by atoms with Gasteiger partial charge in [0.1, 0.15) is 0 Å². The molecule has 0 bridgehead atoms. The van der Waals surface area contributed by atoms with E-state index in [4.69, 9.17) is 0 Å². The van der Waals surface area contributed by atoms with Gasteiger partial charge >= 0.3 is 0 Å². The fourth-order valence-electron chi connectivity index (χ4n) is 1.34. The Hall–Kier alpha value is -0.980. The standard InChI is InChI=1S/C10H15N/c1-4-10(2)8-6-5-7-9(10)11-3/h4-7,11H,1,8H2,2-3H3. The van der Waals surface area contributed by atoms with E-state index in [9.17, 15) is 0 Å². The van der Waals surface area contributed by atoms with Crippen LogP contribution < -0.4 is 5.32 Å². The molecule has 1 atom stereocenters. The van der Waals surface area contributed by atoms with Crippen molar-refractivity contribution in [3.05, 3.63) is 36.6 Å². The molecule has 0 saturated heterocycles. The maximum atomic E-state index is 3.84. The Morgan fingerprint density at radius 1 is 1.73 bits per heavy atom. The molecule has 0 aliphatic heterocycles. The molecule has 1 N–H and O–H groups in total. The molecular formula is C10H15N. The molecule has 11 heavy (non-hydrogen) atoms. The number of rotatable bonds is 2. The lowest BCUT2D eigenvalue weighted by atomic mass is 9.80. The Labute approximate surface area is 68.5 Å². The van der Waals surface area contributed by atoms with Crippen LogP contribution in [0.2, 0.25) is 0 Å². The molecule has 1 unspecified atom stereocenters. The van der Waals surface area contributed by atoms with E-state index in [-0.39, 0.29) is 5.41 Å². The van der Waals surface area contributed by atoms with Crippen molar-refractivity contribution in [1.82, 2.24) is 5.32 Å². The van der Waals surface area contributed by atoms with Gasteiger partial charge in [0.2, 0.25) is 0 Å². The van der Waals surface area contributed by atoms with E-state index in [1.807, 2.05) is 13.1 Å². The van der Waals surface area contributed by atoms with E-state index >= 15 is 0 Å². The van der Waals surface area contributed by atoms with Crippen LogP contribution >= 0.6 is 0 Å². The molecule has 60 valence electrons. The average Bonchev–Trinajstić information content (AvgIpc) is 2.05. The van der Waals surface area contributed by atoms with Gasteiger partial charge in [0.25, 0.3) is 0 Å². The largest absolute Gasteiger partial charge is 0.391 e. The molecule has 1 heteroatoms. The van der Waals surface area contributed by atoms with Crippen molar-refractivity contribution in [2.75, 3.05) is 7.05 Å². The first-order valence-electron chi connectivity index (χ1n) is 3.91. The van der Waals surface area contributed by atoms with E-state index < -0.39 is 0 Å². The zero-order chi connectivity index (χ0) is 8.32. The highest BCUT2D eigenvalue weighted by molar-refractivity contribution is 5.28. The van der Waals surface area contributed by atoms with Crippen LogP contribution in [0, 0.1) is 5.41 Å². The highest BCUT2D eigenvalue weighted by Gasteiger charge is 2.24. The minimum Gasteiger partial charge on any atom is -0.391 e. The minimum absolute atomic E-state index is 0.115. The van der Waals surface area contributed by atoms with E-state index in [2.05, 4.69) is 37.0 Å². The first-order chi connectivity index (χ1) is 5.23. The van der Waals surface area contributed by atoms with Gasteiger partial charge in [-0.3, -0.25) is 0 Å². The Morgan fingerprint density at radius 3 is 2.91 bits per heavy atom. The molecule has 0 radical (unpaired) electrons. The summed E-state index contributed by atoms with van der Waals surface area (Å²) in [6, 6.07) is 0. The van der Waals surface area contributed by atoms with Crippen LogP contribution in [-0.4, -0.2) is 7.05 Å². The van der Waals surface area contributed by atoms with Crippen LogP contribution in [0.5, 0.6) is 0 Å². The molecule has 1 aliphatic rings. The molecule has 1 rings (SSSR count). The predicted molar refractivity (Wildman–Crippen MR) is 49.2 cm³/mol. The topological polar surface area (TPSA) is 12.0 Å². The summed E-state index contributed by atoms with van der Waals surface area (Å²) >= 11 is 0. The predicted octanol–water partition coefficient (Wildman–Crippen LogP) is 2.24. The molecule has 0 fully saturated rings. The van der Waals surface area contributed by atoms with Crippen LogP contribution in [0.3, 0.4) is 0 Å². The summed E-state index contributed by atoms with van der Waals surface area (Å²) in [5.41, 5.74) is 1.36. The minimum atomic E-state index is 0.115. The van der Waals surface area contributed by atoms with Crippen molar-refractivity contribution >= 4 is 0 Å². The third kappa shape index (κ3) is 1.37. The Bertz CT molecular complexity index is 213. The normalized spacial score (nSPS) is 29.5. The summed E-state index contributed by atoms with van der Waals surface area (Å²) in [6.45, 7) is 6.03. The summed E-state index contributed by atoms with van der Waals surface area (Å²) < 4.78 is 0. The number of nitrogens with one attached hydrogen (secondary N) is 1. The molecule has 0 aromatic rings. The Balaban J connectivity index is 2.91. The molecule has 0 aromatic carbocycles. The summed E-state index contributed by atoms with van der Waals surface area (Å²) in [5, 5.41) is 3.18. The number of allylic oxidation sites excluding steroid dienone is 4. The lowest BCUT2D eigenvalue weighted by Crippen LogP contribution is -2.25. The van der Waals surface area contributed by atoms with Gasteiger partial charge in [-0.2, -0.15) is 0 Å². The SMILES string of the molecule is C=CC1(C)CC=CC=C1NC. The highest BCUT2D eigenvalue weighted by atomic mass is 14.9. The molecule has 0 amide bonds. The second-order valence-electron chi connectivity index (χ2n) is 3.08. The lowest BCUT2D eigenvalue weighted by molar-refractivity contribution is 0.486. The van der Waals surface area contributed by atoms with Crippen molar-refractivity contribution in [1.29, 1.82) is 0 Å². The van der Waals surface area contributed by atoms with Gasteiger partial charge < -0.3 is 5.32 Å². The molecule has 0 saturated carbocycles. The third-order valence-corrected chi connectivity index (χ3v) is 2.28. The second-order valence-corrected chi connectivity index (χ2v) is 3.08. The molecule has 0 spiro atoms. The fourth-order valence-corrected chi connectivity index (χ4v) is 1.34. The van der Waals surface area contributed by atoms with Crippen LogP contribution in [0.15, 0.2) is 36.6 Å². The van der Waals surface area contributed by atoms with Gasteiger partial charge in [-0.05, 0) is 12.5 Å². The van der Waals surface area contributed by atoms with Crippen LogP contribution in [-0.2, 0) is 0 Å². The summed E-state index contributed by atoms with van der Waals surface area (Å²) in [4.78, 5) is 0. The first-order valence-corrected chi connectivity index (χ1v) is 3.91. The summed E-state index contributed by atoms with van der Waals surface area (Å²) in [6.07, 6.45) is 9.40. The van der Waals surface area contributed by atoms with Crippen LogP contribution in [0.25, 0.3) is 0 Å². The second kappa shape index (κ2) is 2.95. The first kappa shape index (κ1) is 8.12. The van der Waals surface area contributed by atoms with E-state index in [1.54, 1.807) is 0 Å². The van der Waals surface area contributed by atoms with E-state index in [0.717, 1.165) is 6.42 Å². The Kier molecular flexibility index (Phi) is 2.18. The van der Waals surface area contributed by atoms with Gasteiger partial charge in [-0.1, -0.05) is 25.2 Å². The van der Waals surface area contributed by atoms with Gasteiger partial charge in [0.15, 0.2) is 0 Å². The zero-order valence-electron chi connectivity index (χ0n) is 7.22. The molecule has 1 nitrogen and oxygen atoms in total. The van der Waals surface area contributed by atoms with Crippen LogP contribution in [0.4, 0.5) is 0 Å². The zero-order valence-corrected chi connectivity index (χ0v) is 7.22. The fraction of sp³-hybridized carbons (Fsp3) is 0.400. The van der Waals surface area contributed by atoms with Crippen molar-refractivity contribution in [3.63, 3.8) is 0 Å². The maximum Gasteiger partial charge on any atom is 0.0283 e. The number of hydrogen-bond acceptors (Lipinski definition) is 1. The van der Waals surface area contributed by atoms with Crippen molar-refractivity contribution in [2.45, 2.75) is 13.3 Å². The van der Waals surface area contributed by atoms with E-state index in [0.29, 0.717) is 0 Å². The van der Waals surface area contributed by atoms with Gasteiger partial charge in [-0.15, -0.1) is 6.58 Å². The average molecular weight is 149 g/mol. The summed E-state index contributed by atoms with van der Waals surface area (Å²) in [7, 11) is 1.95. The monoisotopic (exact) mass is 149 g/mol. The van der Waals surface area contributed by atoms with Crippen molar-refractivity contribution in [3.8, 4) is 0 Å². The quantitative estimate of drug-likeness (QED) is 0.594.